The molecule has 0 unspecified atom stereocenters. The van der Waals surface area contributed by atoms with E-state index in [0.717, 1.165) is 21.9 Å². The molecule has 15 heavy (non-hydrogen) atoms. The number of carbonyl (C=O) groups is 1. The summed E-state index contributed by atoms with van der Waals surface area (Å²) in [7, 11) is 0. The minimum absolute atomic E-state index is 0.928. The molecule has 0 aliphatic rings. The van der Waals surface area contributed by atoms with Crippen LogP contribution in [-0.4, -0.2) is 16.1 Å². The number of nitrogens with one attached hydrogen (secondary N) is 1. The van der Waals surface area contributed by atoms with E-state index in [4.69, 9.17) is 5.11 Å². The standard InChI is InChI=1S/C11H9NO2S/c13-11(14)5-6-15-10-7-12-9-4-2-1-3-8(9)10/h1-7,12H,(H,13,14)/b6-5+. The molecule has 0 fully saturated rings. The molecule has 4 heteroatoms. The molecule has 0 atom stereocenters. The first-order chi connectivity index (χ1) is 7.27. The molecule has 76 valence electrons. The maximum Gasteiger partial charge on any atom is 0.328 e. The summed E-state index contributed by atoms with van der Waals surface area (Å²) < 4.78 is 0. The van der Waals surface area contributed by atoms with Gasteiger partial charge in [-0.2, -0.15) is 0 Å². The fourth-order valence-electron chi connectivity index (χ4n) is 1.31. The van der Waals surface area contributed by atoms with E-state index in [1.807, 2.05) is 30.5 Å². The number of para-hydroxylation sites is 1. The van der Waals surface area contributed by atoms with Crippen LogP contribution in [0.25, 0.3) is 10.9 Å². The van der Waals surface area contributed by atoms with Gasteiger partial charge in [0.2, 0.25) is 0 Å². The molecular weight excluding hydrogens is 210 g/mol. The van der Waals surface area contributed by atoms with Crippen LogP contribution in [0.2, 0.25) is 0 Å². The Morgan fingerprint density at radius 2 is 2.20 bits per heavy atom. The molecule has 0 saturated carbocycles. The molecule has 0 aliphatic heterocycles. The second-order valence-corrected chi connectivity index (χ2v) is 3.91. The normalized spacial score (nSPS) is 11.2. The zero-order valence-corrected chi connectivity index (χ0v) is 8.62. The van der Waals surface area contributed by atoms with E-state index in [9.17, 15) is 4.79 Å². The lowest BCUT2D eigenvalue weighted by molar-refractivity contribution is -0.131. The molecule has 1 aromatic heterocycles. The number of thioether (sulfide) groups is 1. The highest BCUT2D eigenvalue weighted by Crippen LogP contribution is 2.28. The number of aromatic nitrogens is 1. The molecule has 1 heterocycles. The Balaban J connectivity index is 2.25. The number of H-pyrrole nitrogens is 1. The van der Waals surface area contributed by atoms with Crippen molar-refractivity contribution in [1.82, 2.24) is 4.98 Å². The fourth-order valence-corrected chi connectivity index (χ4v) is 2.07. The summed E-state index contributed by atoms with van der Waals surface area (Å²) in [5.74, 6) is -0.928. The number of carboxylic acid groups (broad SMARTS) is 1. The number of aromatic amines is 1. The lowest BCUT2D eigenvalue weighted by Crippen LogP contribution is -1.84. The van der Waals surface area contributed by atoms with E-state index in [1.165, 1.54) is 11.8 Å². The lowest BCUT2D eigenvalue weighted by Gasteiger charge is -1.92. The summed E-state index contributed by atoms with van der Waals surface area (Å²) in [5, 5.41) is 11.1. The molecule has 2 aromatic rings. The molecule has 0 spiro atoms. The molecule has 0 bridgehead atoms. The summed E-state index contributed by atoms with van der Waals surface area (Å²) in [6, 6.07) is 7.91. The van der Waals surface area contributed by atoms with E-state index in [2.05, 4.69) is 4.98 Å². The minimum atomic E-state index is -0.928. The van der Waals surface area contributed by atoms with Gasteiger partial charge in [-0.15, -0.1) is 0 Å². The van der Waals surface area contributed by atoms with Crippen molar-refractivity contribution >= 4 is 28.6 Å². The summed E-state index contributed by atoms with van der Waals surface area (Å²) in [6.45, 7) is 0. The Hall–Kier alpha value is -1.68. The number of hydrogen-bond donors (Lipinski definition) is 2. The monoisotopic (exact) mass is 219 g/mol. The molecule has 0 aliphatic carbocycles. The Labute approximate surface area is 90.8 Å². The lowest BCUT2D eigenvalue weighted by atomic mass is 10.2. The van der Waals surface area contributed by atoms with Crippen LogP contribution in [0, 0.1) is 0 Å². The van der Waals surface area contributed by atoms with Crippen LogP contribution >= 0.6 is 11.8 Å². The fraction of sp³-hybridized carbons (Fsp3) is 0. The third-order valence-corrected chi connectivity index (χ3v) is 2.82. The van der Waals surface area contributed by atoms with Gasteiger partial charge in [-0.25, -0.2) is 4.79 Å². The van der Waals surface area contributed by atoms with Crippen molar-refractivity contribution < 1.29 is 9.90 Å². The third kappa shape index (κ3) is 2.22. The highest BCUT2D eigenvalue weighted by atomic mass is 32.2. The highest BCUT2D eigenvalue weighted by molar-refractivity contribution is 8.02. The zero-order chi connectivity index (χ0) is 10.7. The number of benzene rings is 1. The average Bonchev–Trinajstić information content (AvgIpc) is 2.62. The predicted octanol–water partition coefficient (Wildman–Crippen LogP) is 2.86. The van der Waals surface area contributed by atoms with Crippen LogP contribution in [0.5, 0.6) is 0 Å². The van der Waals surface area contributed by atoms with Crippen LogP contribution in [0.1, 0.15) is 0 Å². The van der Waals surface area contributed by atoms with Gasteiger partial charge in [0.25, 0.3) is 0 Å². The maximum absolute atomic E-state index is 10.3. The van der Waals surface area contributed by atoms with Gasteiger partial charge in [0.15, 0.2) is 0 Å². The Morgan fingerprint density at radius 3 is 3.00 bits per heavy atom. The van der Waals surface area contributed by atoms with E-state index in [0.29, 0.717) is 0 Å². The third-order valence-electron chi connectivity index (χ3n) is 1.96. The van der Waals surface area contributed by atoms with Crippen molar-refractivity contribution in [2.24, 2.45) is 0 Å². The van der Waals surface area contributed by atoms with Crippen molar-refractivity contribution in [3.05, 3.63) is 41.9 Å². The van der Waals surface area contributed by atoms with Crippen LogP contribution in [0.3, 0.4) is 0 Å². The summed E-state index contributed by atoms with van der Waals surface area (Å²) in [5.41, 5.74) is 1.06. The van der Waals surface area contributed by atoms with E-state index >= 15 is 0 Å². The van der Waals surface area contributed by atoms with Crippen LogP contribution < -0.4 is 0 Å². The molecule has 0 saturated heterocycles. The van der Waals surface area contributed by atoms with E-state index in [-0.39, 0.29) is 0 Å². The summed E-state index contributed by atoms with van der Waals surface area (Å²) in [4.78, 5) is 14.4. The first-order valence-corrected chi connectivity index (χ1v) is 5.27. The highest BCUT2D eigenvalue weighted by Gasteiger charge is 2.00. The van der Waals surface area contributed by atoms with E-state index < -0.39 is 5.97 Å². The smallest absolute Gasteiger partial charge is 0.328 e. The quantitative estimate of drug-likeness (QED) is 0.616. The molecule has 1 aromatic carbocycles. The largest absolute Gasteiger partial charge is 0.478 e. The van der Waals surface area contributed by atoms with E-state index in [1.54, 1.807) is 5.41 Å². The first kappa shape index (κ1) is 9.86. The first-order valence-electron chi connectivity index (χ1n) is 4.39. The predicted molar refractivity (Wildman–Crippen MR) is 60.9 cm³/mol. The number of hydrogen-bond acceptors (Lipinski definition) is 2. The maximum atomic E-state index is 10.3. The second kappa shape index (κ2) is 4.23. The second-order valence-electron chi connectivity index (χ2n) is 2.96. The van der Waals surface area contributed by atoms with Crippen LogP contribution in [0.15, 0.2) is 46.8 Å². The van der Waals surface area contributed by atoms with Crippen molar-refractivity contribution in [2.45, 2.75) is 4.90 Å². The van der Waals surface area contributed by atoms with Gasteiger partial charge >= 0.3 is 5.97 Å². The van der Waals surface area contributed by atoms with Gasteiger partial charge in [0, 0.05) is 28.1 Å². The topological polar surface area (TPSA) is 53.1 Å². The molecule has 2 N–H and O–H groups in total. The van der Waals surface area contributed by atoms with Crippen molar-refractivity contribution in [1.29, 1.82) is 0 Å². The zero-order valence-electron chi connectivity index (χ0n) is 7.81. The minimum Gasteiger partial charge on any atom is -0.478 e. The molecule has 0 radical (unpaired) electrons. The Morgan fingerprint density at radius 1 is 1.40 bits per heavy atom. The number of carboxylic acids is 1. The van der Waals surface area contributed by atoms with Crippen LogP contribution in [0.4, 0.5) is 0 Å². The SMILES string of the molecule is O=C(O)/C=C/Sc1c[nH]c2ccccc12. The number of aliphatic carboxylic acids is 1. The van der Waals surface area contributed by atoms with Crippen molar-refractivity contribution in [2.75, 3.05) is 0 Å². The number of rotatable bonds is 3. The van der Waals surface area contributed by atoms with Gasteiger partial charge in [-0.3, -0.25) is 0 Å². The van der Waals surface area contributed by atoms with Crippen LogP contribution in [-0.2, 0) is 4.79 Å². The van der Waals surface area contributed by atoms with Crippen molar-refractivity contribution in [3.63, 3.8) is 0 Å². The molecule has 2 rings (SSSR count). The Bertz CT molecular complexity index is 516. The van der Waals surface area contributed by atoms with Gasteiger partial charge < -0.3 is 10.1 Å². The van der Waals surface area contributed by atoms with Gasteiger partial charge in [-0.1, -0.05) is 30.0 Å². The number of fused-ring (bicyclic) bond motifs is 1. The van der Waals surface area contributed by atoms with Gasteiger partial charge in [0.05, 0.1) is 0 Å². The van der Waals surface area contributed by atoms with Gasteiger partial charge in [0.1, 0.15) is 0 Å². The molecule has 0 amide bonds. The summed E-state index contributed by atoms with van der Waals surface area (Å²) in [6.07, 6.45) is 3.01. The Kier molecular flexibility index (Phi) is 2.78. The van der Waals surface area contributed by atoms with Crippen molar-refractivity contribution in [3.8, 4) is 0 Å². The molecule has 3 nitrogen and oxygen atoms in total. The molecular formula is C11H9NO2S. The average molecular weight is 219 g/mol. The van der Waals surface area contributed by atoms with Gasteiger partial charge in [-0.05, 0) is 11.5 Å². The summed E-state index contributed by atoms with van der Waals surface area (Å²) >= 11 is 1.39.